The first-order valence-corrected chi connectivity index (χ1v) is 5.83. The summed E-state index contributed by atoms with van der Waals surface area (Å²) in [4.78, 5) is 12.1. The highest BCUT2D eigenvalue weighted by atomic mass is 35.5. The highest BCUT2D eigenvalue weighted by Crippen LogP contribution is 2.31. The molecule has 0 aromatic heterocycles. The van der Waals surface area contributed by atoms with Crippen LogP contribution in [0.5, 0.6) is 0 Å². The van der Waals surface area contributed by atoms with Crippen LogP contribution in [0.3, 0.4) is 0 Å². The molecule has 1 aliphatic rings. The molecule has 6 heteroatoms. The summed E-state index contributed by atoms with van der Waals surface area (Å²) in [6, 6.07) is 5.97. The van der Waals surface area contributed by atoms with Crippen LogP contribution in [0, 0.1) is 0 Å². The second-order valence-electron chi connectivity index (χ2n) is 4.23. The second kappa shape index (κ2) is 4.95. The molecule has 0 radical (unpaired) electrons. The Morgan fingerprint density at radius 3 is 2.56 bits per heavy atom. The van der Waals surface area contributed by atoms with Crippen LogP contribution in [0.1, 0.15) is 16.8 Å². The Bertz CT molecular complexity index is 446. The minimum absolute atomic E-state index is 0.229. The maximum Gasteiger partial charge on any atom is 0.234 e. The van der Waals surface area contributed by atoms with Gasteiger partial charge < -0.3 is 20.1 Å². The molecule has 0 saturated carbocycles. The van der Waals surface area contributed by atoms with Crippen LogP contribution in [0.15, 0.2) is 24.3 Å². The predicted octanol–water partition coefficient (Wildman–Crippen LogP) is 0.353. The molecule has 18 heavy (non-hydrogen) atoms. The fourth-order valence-electron chi connectivity index (χ4n) is 1.92. The average Bonchev–Trinajstić information content (AvgIpc) is 2.65. The van der Waals surface area contributed by atoms with E-state index in [0.717, 1.165) is 0 Å². The van der Waals surface area contributed by atoms with Crippen molar-refractivity contribution >= 4 is 17.4 Å². The van der Waals surface area contributed by atoms with E-state index in [4.69, 9.17) is 21.4 Å². The van der Waals surface area contributed by atoms with Crippen molar-refractivity contribution < 1.29 is 24.9 Å². The molecule has 1 aliphatic heterocycles. The lowest BCUT2D eigenvalue weighted by Crippen LogP contribution is -2.39. The predicted molar refractivity (Wildman–Crippen MR) is 63.3 cm³/mol. The average molecular weight is 273 g/mol. The zero-order valence-corrected chi connectivity index (χ0v) is 10.2. The minimum atomic E-state index is -2.10. The van der Waals surface area contributed by atoms with Gasteiger partial charge in [-0.3, -0.25) is 4.79 Å². The van der Waals surface area contributed by atoms with Crippen molar-refractivity contribution in [2.45, 2.75) is 24.4 Å². The number of carbonyl (C=O) groups excluding carboxylic acids is 1. The number of aliphatic hydroxyl groups excluding tert-OH is 2. The first kappa shape index (κ1) is 13.5. The van der Waals surface area contributed by atoms with E-state index in [1.165, 1.54) is 24.3 Å². The summed E-state index contributed by atoms with van der Waals surface area (Å²) in [6.07, 6.45) is -2.29. The van der Waals surface area contributed by atoms with Crippen molar-refractivity contribution in [2.75, 3.05) is 6.61 Å². The number of hydrogen-bond donors (Lipinski definition) is 3. The Hall–Kier alpha value is -0.980. The Kier molecular flexibility index (Phi) is 3.70. The van der Waals surface area contributed by atoms with E-state index >= 15 is 0 Å². The summed E-state index contributed by atoms with van der Waals surface area (Å²) < 4.78 is 5.03. The molecule has 0 amide bonds. The summed E-state index contributed by atoms with van der Waals surface area (Å²) in [6.45, 7) is -0.461. The third-order valence-corrected chi connectivity index (χ3v) is 3.15. The monoisotopic (exact) mass is 272 g/mol. The zero-order chi connectivity index (χ0) is 13.3. The number of ketones is 1. The Labute approximate surface area is 109 Å². The minimum Gasteiger partial charge on any atom is -0.394 e. The fraction of sp³-hybridized carbons (Fsp3) is 0.417. The number of aliphatic hydroxyl groups is 3. The quantitative estimate of drug-likeness (QED) is 0.692. The number of halogens is 1. The highest BCUT2D eigenvalue weighted by Gasteiger charge is 2.49. The van der Waals surface area contributed by atoms with Gasteiger partial charge >= 0.3 is 0 Å². The molecule has 98 valence electrons. The molecule has 1 saturated heterocycles. The van der Waals surface area contributed by atoms with Gasteiger partial charge in [0.1, 0.15) is 6.10 Å². The maximum absolute atomic E-state index is 12.1. The molecular formula is C12H13ClO5. The Morgan fingerprint density at radius 2 is 2.06 bits per heavy atom. The first-order chi connectivity index (χ1) is 8.46. The SMILES string of the molecule is O=C(c1ccc(Cl)cc1)C1(O)C[C@H](O)[C@@H](CO)O1. The molecule has 3 atom stereocenters. The third-order valence-electron chi connectivity index (χ3n) is 2.90. The molecule has 3 N–H and O–H groups in total. The highest BCUT2D eigenvalue weighted by molar-refractivity contribution is 6.30. The van der Waals surface area contributed by atoms with Gasteiger partial charge in [-0.25, -0.2) is 0 Å². The van der Waals surface area contributed by atoms with Crippen LogP contribution >= 0.6 is 11.6 Å². The summed E-state index contributed by atoms with van der Waals surface area (Å²) in [5, 5.41) is 29.0. The maximum atomic E-state index is 12.1. The summed E-state index contributed by atoms with van der Waals surface area (Å²) in [7, 11) is 0. The van der Waals surface area contributed by atoms with Crippen molar-refractivity contribution in [1.29, 1.82) is 0 Å². The molecule has 1 aromatic carbocycles. The van der Waals surface area contributed by atoms with Crippen LogP contribution in [-0.4, -0.2) is 45.7 Å². The van der Waals surface area contributed by atoms with E-state index in [9.17, 15) is 15.0 Å². The van der Waals surface area contributed by atoms with Gasteiger partial charge in [-0.05, 0) is 24.3 Å². The van der Waals surface area contributed by atoms with Gasteiger partial charge in [-0.15, -0.1) is 0 Å². The number of hydrogen-bond acceptors (Lipinski definition) is 5. The standard InChI is InChI=1S/C12H13ClO5/c13-8-3-1-7(2-4-8)11(16)12(17)5-9(15)10(6-14)18-12/h1-4,9-10,14-15,17H,5-6H2/t9-,10+,12?/m0/s1. The Morgan fingerprint density at radius 1 is 1.44 bits per heavy atom. The van der Waals surface area contributed by atoms with E-state index < -0.39 is 30.4 Å². The van der Waals surface area contributed by atoms with Gasteiger partial charge in [0, 0.05) is 17.0 Å². The number of ether oxygens (including phenoxy) is 1. The van der Waals surface area contributed by atoms with Crippen LogP contribution < -0.4 is 0 Å². The van der Waals surface area contributed by atoms with Crippen LogP contribution in [0.4, 0.5) is 0 Å². The van der Waals surface area contributed by atoms with Gasteiger partial charge in [-0.2, -0.15) is 0 Å². The molecule has 1 aromatic rings. The molecule has 1 heterocycles. The molecular weight excluding hydrogens is 260 g/mol. The van der Waals surface area contributed by atoms with Crippen molar-refractivity contribution in [3.05, 3.63) is 34.9 Å². The molecule has 2 rings (SSSR count). The number of carbonyl (C=O) groups is 1. The second-order valence-corrected chi connectivity index (χ2v) is 4.67. The normalized spacial score (nSPS) is 31.6. The third kappa shape index (κ3) is 2.41. The first-order valence-electron chi connectivity index (χ1n) is 5.46. The largest absolute Gasteiger partial charge is 0.394 e. The molecule has 0 aliphatic carbocycles. The number of rotatable bonds is 3. The number of benzene rings is 1. The van der Waals surface area contributed by atoms with Crippen molar-refractivity contribution in [3.8, 4) is 0 Å². The Balaban J connectivity index is 2.21. The lowest BCUT2D eigenvalue weighted by atomic mass is 9.99. The van der Waals surface area contributed by atoms with Crippen molar-refractivity contribution in [3.63, 3.8) is 0 Å². The van der Waals surface area contributed by atoms with Crippen LogP contribution in [-0.2, 0) is 4.74 Å². The molecule has 5 nitrogen and oxygen atoms in total. The fourth-order valence-corrected chi connectivity index (χ4v) is 2.05. The van der Waals surface area contributed by atoms with Crippen LogP contribution in [0.2, 0.25) is 5.02 Å². The van der Waals surface area contributed by atoms with Crippen molar-refractivity contribution in [2.24, 2.45) is 0 Å². The van der Waals surface area contributed by atoms with E-state index in [2.05, 4.69) is 0 Å². The van der Waals surface area contributed by atoms with Gasteiger partial charge in [0.25, 0.3) is 0 Å². The van der Waals surface area contributed by atoms with E-state index in [0.29, 0.717) is 5.02 Å². The topological polar surface area (TPSA) is 87.0 Å². The lowest BCUT2D eigenvalue weighted by Gasteiger charge is -2.20. The smallest absolute Gasteiger partial charge is 0.234 e. The molecule has 0 spiro atoms. The summed E-state index contributed by atoms with van der Waals surface area (Å²) in [5.74, 6) is -2.75. The summed E-state index contributed by atoms with van der Waals surface area (Å²) in [5.41, 5.74) is 0.229. The zero-order valence-electron chi connectivity index (χ0n) is 9.41. The van der Waals surface area contributed by atoms with E-state index in [1.807, 2.05) is 0 Å². The number of Topliss-reactive ketones (excluding diaryl/α,β-unsaturated/α-hetero) is 1. The van der Waals surface area contributed by atoms with Crippen molar-refractivity contribution in [1.82, 2.24) is 0 Å². The van der Waals surface area contributed by atoms with Gasteiger partial charge in [0.15, 0.2) is 0 Å². The van der Waals surface area contributed by atoms with Gasteiger partial charge in [-0.1, -0.05) is 11.6 Å². The lowest BCUT2D eigenvalue weighted by molar-refractivity contribution is -0.164. The van der Waals surface area contributed by atoms with Crippen LogP contribution in [0.25, 0.3) is 0 Å². The molecule has 1 fully saturated rings. The van der Waals surface area contributed by atoms with Gasteiger partial charge in [0.2, 0.25) is 11.6 Å². The van der Waals surface area contributed by atoms with Gasteiger partial charge in [0.05, 0.1) is 12.7 Å². The molecule has 0 bridgehead atoms. The van der Waals surface area contributed by atoms with E-state index in [-0.39, 0.29) is 12.0 Å². The summed E-state index contributed by atoms with van der Waals surface area (Å²) >= 11 is 5.70. The van der Waals surface area contributed by atoms with E-state index in [1.54, 1.807) is 0 Å². The molecule has 1 unspecified atom stereocenters.